The van der Waals surface area contributed by atoms with Crippen molar-refractivity contribution in [3.05, 3.63) is 29.3 Å². The van der Waals surface area contributed by atoms with Crippen molar-refractivity contribution in [1.82, 2.24) is 4.90 Å². The molecule has 0 saturated heterocycles. The molecule has 18 heavy (non-hydrogen) atoms. The maximum Gasteiger partial charge on any atom is 0.254 e. The average Bonchev–Trinajstić information content (AvgIpc) is 2.28. The monoisotopic (exact) mass is 250 g/mol. The summed E-state index contributed by atoms with van der Waals surface area (Å²) in [6, 6.07) is 5.51. The molecule has 4 nitrogen and oxygen atoms in total. The number of benzene rings is 1. The van der Waals surface area contributed by atoms with Gasteiger partial charge in [-0.2, -0.15) is 0 Å². The molecular weight excluding hydrogens is 228 g/mol. The Morgan fingerprint density at radius 3 is 2.61 bits per heavy atom. The first kappa shape index (κ1) is 14.5. The van der Waals surface area contributed by atoms with Gasteiger partial charge in [0, 0.05) is 30.9 Å². The molecule has 0 saturated carbocycles. The molecule has 0 aromatic heterocycles. The first-order chi connectivity index (χ1) is 8.47. The highest BCUT2D eigenvalue weighted by atomic mass is 16.5. The highest BCUT2D eigenvalue weighted by molar-refractivity contribution is 5.96. The van der Waals surface area contributed by atoms with Crippen LogP contribution in [0, 0.1) is 6.92 Å². The summed E-state index contributed by atoms with van der Waals surface area (Å²) in [4.78, 5) is 14.3. The summed E-state index contributed by atoms with van der Waals surface area (Å²) in [7, 11) is 1.64. The van der Waals surface area contributed by atoms with Gasteiger partial charge in [-0.25, -0.2) is 0 Å². The van der Waals surface area contributed by atoms with Crippen molar-refractivity contribution in [3.63, 3.8) is 0 Å². The fraction of sp³-hybridized carbons (Fsp3) is 0.500. The molecule has 0 spiro atoms. The fourth-order valence-electron chi connectivity index (χ4n) is 1.87. The molecule has 0 heterocycles. The summed E-state index contributed by atoms with van der Waals surface area (Å²) in [6.07, 6.45) is 0. The number of hydrogen-bond acceptors (Lipinski definition) is 3. The third-order valence-corrected chi connectivity index (χ3v) is 2.90. The molecule has 100 valence electrons. The lowest BCUT2D eigenvalue weighted by molar-refractivity contribution is 0.0634. The van der Waals surface area contributed by atoms with Crippen LogP contribution in [0.5, 0.6) is 0 Å². The van der Waals surface area contributed by atoms with Crippen LogP contribution in [0.2, 0.25) is 0 Å². The Balaban J connectivity index is 2.94. The standard InChI is InChI=1S/C14H22N2O2/c1-10(2)16(7-8-18-4)14(17)13-6-5-12(15)9-11(13)3/h5-6,9-10H,7-8,15H2,1-4H3. The second-order valence-electron chi connectivity index (χ2n) is 4.66. The zero-order valence-corrected chi connectivity index (χ0v) is 11.6. The van der Waals surface area contributed by atoms with Gasteiger partial charge in [-0.05, 0) is 44.5 Å². The van der Waals surface area contributed by atoms with E-state index < -0.39 is 0 Å². The quantitative estimate of drug-likeness (QED) is 0.814. The van der Waals surface area contributed by atoms with Crippen molar-refractivity contribution in [1.29, 1.82) is 0 Å². The number of aryl methyl sites for hydroxylation is 1. The van der Waals surface area contributed by atoms with E-state index in [9.17, 15) is 4.79 Å². The highest BCUT2D eigenvalue weighted by Crippen LogP contribution is 2.16. The number of rotatable bonds is 5. The van der Waals surface area contributed by atoms with E-state index >= 15 is 0 Å². The second-order valence-corrected chi connectivity index (χ2v) is 4.66. The van der Waals surface area contributed by atoms with Gasteiger partial charge >= 0.3 is 0 Å². The normalized spacial score (nSPS) is 10.7. The van der Waals surface area contributed by atoms with Gasteiger partial charge in [0.25, 0.3) is 5.91 Å². The number of amides is 1. The molecule has 1 rings (SSSR count). The number of nitrogens with two attached hydrogens (primary N) is 1. The topological polar surface area (TPSA) is 55.6 Å². The SMILES string of the molecule is COCCN(C(=O)c1ccc(N)cc1C)C(C)C. The summed E-state index contributed by atoms with van der Waals surface area (Å²) in [6.45, 7) is 7.04. The van der Waals surface area contributed by atoms with Crippen LogP contribution in [0.4, 0.5) is 5.69 Å². The summed E-state index contributed by atoms with van der Waals surface area (Å²) >= 11 is 0. The minimum atomic E-state index is 0.0274. The predicted molar refractivity (Wildman–Crippen MR) is 73.6 cm³/mol. The number of nitrogens with zero attached hydrogens (tertiary/aromatic N) is 1. The largest absolute Gasteiger partial charge is 0.399 e. The summed E-state index contributed by atoms with van der Waals surface area (Å²) < 4.78 is 5.04. The molecule has 0 atom stereocenters. The number of methoxy groups -OCH3 is 1. The molecule has 0 aliphatic heterocycles. The minimum Gasteiger partial charge on any atom is -0.399 e. The fourth-order valence-corrected chi connectivity index (χ4v) is 1.87. The molecule has 0 aliphatic carbocycles. The van der Waals surface area contributed by atoms with E-state index in [4.69, 9.17) is 10.5 Å². The van der Waals surface area contributed by atoms with Crippen molar-refractivity contribution < 1.29 is 9.53 Å². The van der Waals surface area contributed by atoms with Gasteiger partial charge in [0.15, 0.2) is 0 Å². The van der Waals surface area contributed by atoms with E-state index in [1.807, 2.05) is 31.7 Å². The first-order valence-electron chi connectivity index (χ1n) is 6.13. The molecule has 0 fully saturated rings. The van der Waals surface area contributed by atoms with Gasteiger partial charge in [0.2, 0.25) is 0 Å². The third kappa shape index (κ3) is 3.47. The molecule has 4 heteroatoms. The number of ether oxygens (including phenoxy) is 1. The van der Waals surface area contributed by atoms with Crippen LogP contribution >= 0.6 is 0 Å². The van der Waals surface area contributed by atoms with Gasteiger partial charge < -0.3 is 15.4 Å². The number of hydrogen-bond donors (Lipinski definition) is 1. The maximum absolute atomic E-state index is 12.5. The lowest BCUT2D eigenvalue weighted by Crippen LogP contribution is -2.39. The van der Waals surface area contributed by atoms with Crippen LogP contribution in [0.15, 0.2) is 18.2 Å². The summed E-state index contributed by atoms with van der Waals surface area (Å²) in [5.41, 5.74) is 7.99. The molecular formula is C14H22N2O2. The molecule has 0 bridgehead atoms. The zero-order valence-electron chi connectivity index (χ0n) is 11.6. The predicted octanol–water partition coefficient (Wildman–Crippen LogP) is 2.07. The lowest BCUT2D eigenvalue weighted by atomic mass is 10.1. The Labute approximate surface area is 109 Å². The van der Waals surface area contributed by atoms with E-state index in [0.29, 0.717) is 24.4 Å². The molecule has 0 unspecified atom stereocenters. The van der Waals surface area contributed by atoms with Gasteiger partial charge in [0.1, 0.15) is 0 Å². The van der Waals surface area contributed by atoms with Crippen molar-refractivity contribution >= 4 is 11.6 Å². The van der Waals surface area contributed by atoms with Gasteiger partial charge in [-0.15, -0.1) is 0 Å². The Hall–Kier alpha value is -1.55. The minimum absolute atomic E-state index is 0.0274. The molecule has 0 aliphatic rings. The summed E-state index contributed by atoms with van der Waals surface area (Å²) in [5, 5.41) is 0. The number of carbonyl (C=O) groups excluding carboxylic acids is 1. The molecule has 1 amide bonds. The Morgan fingerprint density at radius 2 is 2.11 bits per heavy atom. The smallest absolute Gasteiger partial charge is 0.254 e. The van der Waals surface area contributed by atoms with Crippen molar-refractivity contribution in [2.45, 2.75) is 26.8 Å². The van der Waals surface area contributed by atoms with E-state index in [0.717, 1.165) is 5.56 Å². The van der Waals surface area contributed by atoms with Crippen molar-refractivity contribution in [2.24, 2.45) is 0 Å². The van der Waals surface area contributed by atoms with Crippen LogP contribution < -0.4 is 5.73 Å². The van der Waals surface area contributed by atoms with Gasteiger partial charge in [0.05, 0.1) is 6.61 Å². The maximum atomic E-state index is 12.5. The number of anilines is 1. The number of nitrogen functional groups attached to an aromatic ring is 1. The van der Waals surface area contributed by atoms with E-state index in [1.54, 1.807) is 19.2 Å². The van der Waals surface area contributed by atoms with Crippen LogP contribution in [0.1, 0.15) is 29.8 Å². The molecule has 2 N–H and O–H groups in total. The van der Waals surface area contributed by atoms with E-state index in [1.165, 1.54) is 0 Å². The summed E-state index contributed by atoms with van der Waals surface area (Å²) in [5.74, 6) is 0.0274. The Kier molecular flexibility index (Phi) is 5.16. The Bertz CT molecular complexity index is 416. The van der Waals surface area contributed by atoms with Crippen LogP contribution in [-0.2, 0) is 4.74 Å². The highest BCUT2D eigenvalue weighted by Gasteiger charge is 2.19. The molecule has 1 aromatic rings. The zero-order chi connectivity index (χ0) is 13.7. The number of carbonyl (C=O) groups is 1. The van der Waals surface area contributed by atoms with Gasteiger partial charge in [-0.3, -0.25) is 4.79 Å². The van der Waals surface area contributed by atoms with Crippen LogP contribution in [0.3, 0.4) is 0 Å². The van der Waals surface area contributed by atoms with E-state index in [2.05, 4.69) is 0 Å². The lowest BCUT2D eigenvalue weighted by Gasteiger charge is -2.27. The second kappa shape index (κ2) is 6.40. The molecule has 1 aromatic carbocycles. The van der Waals surface area contributed by atoms with Gasteiger partial charge in [-0.1, -0.05) is 0 Å². The van der Waals surface area contributed by atoms with E-state index in [-0.39, 0.29) is 11.9 Å². The molecule has 0 radical (unpaired) electrons. The van der Waals surface area contributed by atoms with Crippen molar-refractivity contribution in [2.75, 3.05) is 26.0 Å². The van der Waals surface area contributed by atoms with Crippen LogP contribution in [-0.4, -0.2) is 37.1 Å². The van der Waals surface area contributed by atoms with Crippen LogP contribution in [0.25, 0.3) is 0 Å². The third-order valence-electron chi connectivity index (χ3n) is 2.90. The van der Waals surface area contributed by atoms with Crippen molar-refractivity contribution in [3.8, 4) is 0 Å². The average molecular weight is 250 g/mol. The Morgan fingerprint density at radius 1 is 1.44 bits per heavy atom. The first-order valence-corrected chi connectivity index (χ1v) is 6.13.